The molecule has 15 heavy (non-hydrogen) atoms. The molecule has 82 valence electrons. The highest BCUT2D eigenvalue weighted by Gasteiger charge is 2.12. The first-order chi connectivity index (χ1) is 7.00. The number of hydrogen-bond acceptors (Lipinski definition) is 1. The summed E-state index contributed by atoms with van der Waals surface area (Å²) in [4.78, 5) is 13.9. The van der Waals surface area contributed by atoms with Crippen LogP contribution in [0.3, 0.4) is 0 Å². The number of hydrogen-bond donors (Lipinski definition) is 0. The Labute approximate surface area is 99.4 Å². The molecule has 0 N–H and O–H groups in total. The highest BCUT2D eigenvalue weighted by Crippen LogP contribution is 2.08. The summed E-state index contributed by atoms with van der Waals surface area (Å²) in [5.74, 6) is 0.0706. The van der Waals surface area contributed by atoms with Crippen LogP contribution in [0.5, 0.6) is 0 Å². The van der Waals surface area contributed by atoms with Crippen LogP contribution >= 0.6 is 15.9 Å². The van der Waals surface area contributed by atoms with Crippen LogP contribution in [0.2, 0.25) is 0 Å². The van der Waals surface area contributed by atoms with Crippen LogP contribution in [0.15, 0.2) is 24.3 Å². The molecule has 1 amide bonds. The molecule has 0 saturated carbocycles. The van der Waals surface area contributed by atoms with Gasteiger partial charge in [-0.1, -0.05) is 40.5 Å². The standard InChI is InChI=1S/C12H16BrNO/c1-9-4-6-11(7-5-9)12(15)14(3)8-10(2)13/h4-7,10H,8H2,1-3H3. The molecule has 0 saturated heterocycles. The van der Waals surface area contributed by atoms with Crippen LogP contribution in [-0.4, -0.2) is 29.2 Å². The maximum Gasteiger partial charge on any atom is 0.253 e. The fourth-order valence-electron chi connectivity index (χ4n) is 1.38. The van der Waals surface area contributed by atoms with E-state index >= 15 is 0 Å². The minimum Gasteiger partial charge on any atom is -0.341 e. The van der Waals surface area contributed by atoms with Crippen LogP contribution in [0.4, 0.5) is 0 Å². The summed E-state index contributed by atoms with van der Waals surface area (Å²) in [6.45, 7) is 4.75. The SMILES string of the molecule is Cc1ccc(C(=O)N(C)CC(C)Br)cc1. The molecule has 0 fully saturated rings. The van der Waals surface area contributed by atoms with E-state index in [9.17, 15) is 4.79 Å². The molecule has 0 aliphatic carbocycles. The molecule has 0 heterocycles. The van der Waals surface area contributed by atoms with E-state index in [1.54, 1.807) is 4.90 Å². The Morgan fingerprint density at radius 1 is 1.40 bits per heavy atom. The van der Waals surface area contributed by atoms with E-state index in [2.05, 4.69) is 15.9 Å². The van der Waals surface area contributed by atoms with E-state index in [0.717, 1.165) is 5.56 Å². The third-order valence-electron chi connectivity index (χ3n) is 2.17. The zero-order valence-electron chi connectivity index (χ0n) is 9.33. The van der Waals surface area contributed by atoms with Crippen molar-refractivity contribution in [1.82, 2.24) is 4.90 Å². The van der Waals surface area contributed by atoms with Crippen LogP contribution in [0.1, 0.15) is 22.8 Å². The smallest absolute Gasteiger partial charge is 0.253 e. The molecule has 1 aromatic rings. The number of aryl methyl sites for hydroxylation is 1. The molecule has 1 rings (SSSR count). The summed E-state index contributed by atoms with van der Waals surface area (Å²) < 4.78 is 0. The van der Waals surface area contributed by atoms with Crippen molar-refractivity contribution in [2.45, 2.75) is 18.7 Å². The summed E-state index contributed by atoms with van der Waals surface area (Å²) in [7, 11) is 1.82. The van der Waals surface area contributed by atoms with E-state index in [1.165, 1.54) is 5.56 Å². The lowest BCUT2D eigenvalue weighted by atomic mass is 10.1. The molecule has 0 aliphatic heterocycles. The van der Waals surface area contributed by atoms with Gasteiger partial charge in [-0.2, -0.15) is 0 Å². The van der Waals surface area contributed by atoms with Gasteiger partial charge in [0.05, 0.1) is 0 Å². The number of alkyl halides is 1. The minimum atomic E-state index is 0.0706. The Morgan fingerprint density at radius 3 is 2.40 bits per heavy atom. The molecule has 0 radical (unpaired) electrons. The maximum atomic E-state index is 11.9. The zero-order chi connectivity index (χ0) is 11.4. The average molecular weight is 270 g/mol. The number of benzene rings is 1. The van der Waals surface area contributed by atoms with Gasteiger partial charge in [0.25, 0.3) is 5.91 Å². The highest BCUT2D eigenvalue weighted by atomic mass is 79.9. The first-order valence-corrected chi connectivity index (χ1v) is 5.88. The Kier molecular flexibility index (Phi) is 4.33. The van der Waals surface area contributed by atoms with Crippen molar-refractivity contribution < 1.29 is 4.79 Å². The Morgan fingerprint density at radius 2 is 1.93 bits per heavy atom. The number of carbonyl (C=O) groups excluding carboxylic acids is 1. The molecular weight excluding hydrogens is 254 g/mol. The lowest BCUT2D eigenvalue weighted by Gasteiger charge is -2.18. The van der Waals surface area contributed by atoms with E-state index in [-0.39, 0.29) is 5.91 Å². The molecule has 0 spiro atoms. The third-order valence-corrected chi connectivity index (χ3v) is 2.46. The topological polar surface area (TPSA) is 20.3 Å². The van der Waals surface area contributed by atoms with Gasteiger partial charge in [-0.05, 0) is 19.1 Å². The average Bonchev–Trinajstić information content (AvgIpc) is 2.17. The number of carbonyl (C=O) groups is 1. The van der Waals surface area contributed by atoms with Crippen molar-refractivity contribution >= 4 is 21.8 Å². The second-order valence-electron chi connectivity index (χ2n) is 3.83. The maximum absolute atomic E-state index is 11.9. The third kappa shape index (κ3) is 3.67. The summed E-state index contributed by atoms with van der Waals surface area (Å²) in [6.07, 6.45) is 0. The molecule has 3 heteroatoms. The van der Waals surface area contributed by atoms with E-state index in [0.29, 0.717) is 11.4 Å². The second kappa shape index (κ2) is 5.31. The number of amides is 1. The summed E-state index contributed by atoms with van der Waals surface area (Å²) in [6, 6.07) is 7.65. The van der Waals surface area contributed by atoms with Crippen LogP contribution in [0, 0.1) is 6.92 Å². The summed E-state index contributed by atoms with van der Waals surface area (Å²) in [5, 5.41) is 0. The monoisotopic (exact) mass is 269 g/mol. The van der Waals surface area contributed by atoms with Gasteiger partial charge in [0.15, 0.2) is 0 Å². The van der Waals surface area contributed by atoms with Crippen molar-refractivity contribution in [3.05, 3.63) is 35.4 Å². The van der Waals surface area contributed by atoms with Gasteiger partial charge in [0.2, 0.25) is 0 Å². The van der Waals surface area contributed by atoms with Crippen molar-refractivity contribution in [2.24, 2.45) is 0 Å². The summed E-state index contributed by atoms with van der Waals surface area (Å²) >= 11 is 3.43. The normalized spacial score (nSPS) is 12.3. The van der Waals surface area contributed by atoms with Crippen molar-refractivity contribution in [1.29, 1.82) is 0 Å². The fourth-order valence-corrected chi connectivity index (χ4v) is 1.81. The van der Waals surface area contributed by atoms with Crippen LogP contribution in [0.25, 0.3) is 0 Å². The van der Waals surface area contributed by atoms with Gasteiger partial charge in [-0.25, -0.2) is 0 Å². The van der Waals surface area contributed by atoms with Gasteiger partial charge in [0.1, 0.15) is 0 Å². The first-order valence-electron chi connectivity index (χ1n) is 4.97. The van der Waals surface area contributed by atoms with Crippen molar-refractivity contribution in [3.63, 3.8) is 0 Å². The zero-order valence-corrected chi connectivity index (χ0v) is 10.9. The molecule has 1 unspecified atom stereocenters. The van der Waals surface area contributed by atoms with Crippen molar-refractivity contribution in [2.75, 3.05) is 13.6 Å². The molecule has 0 aliphatic rings. The molecule has 1 aromatic carbocycles. The van der Waals surface area contributed by atoms with Crippen molar-refractivity contribution in [3.8, 4) is 0 Å². The minimum absolute atomic E-state index is 0.0706. The molecule has 0 bridgehead atoms. The predicted molar refractivity (Wildman–Crippen MR) is 66.5 cm³/mol. The second-order valence-corrected chi connectivity index (χ2v) is 5.40. The Bertz CT molecular complexity index is 332. The number of rotatable bonds is 3. The largest absolute Gasteiger partial charge is 0.341 e. The first kappa shape index (κ1) is 12.2. The van der Waals surface area contributed by atoms with Gasteiger partial charge in [-0.15, -0.1) is 0 Å². The molecule has 0 aromatic heterocycles. The fraction of sp³-hybridized carbons (Fsp3) is 0.417. The highest BCUT2D eigenvalue weighted by molar-refractivity contribution is 9.09. The van der Waals surface area contributed by atoms with Gasteiger partial charge < -0.3 is 4.90 Å². The van der Waals surface area contributed by atoms with E-state index in [1.807, 2.05) is 45.2 Å². The van der Waals surface area contributed by atoms with Crippen LogP contribution < -0.4 is 0 Å². The number of nitrogens with zero attached hydrogens (tertiary/aromatic N) is 1. The summed E-state index contributed by atoms with van der Waals surface area (Å²) in [5.41, 5.74) is 1.92. The Balaban J connectivity index is 2.72. The van der Waals surface area contributed by atoms with E-state index < -0.39 is 0 Å². The van der Waals surface area contributed by atoms with Gasteiger partial charge in [0, 0.05) is 24.0 Å². The quantitative estimate of drug-likeness (QED) is 0.773. The van der Waals surface area contributed by atoms with Gasteiger partial charge in [-0.3, -0.25) is 4.79 Å². The Hall–Kier alpha value is -0.830. The van der Waals surface area contributed by atoms with E-state index in [4.69, 9.17) is 0 Å². The lowest BCUT2D eigenvalue weighted by Crippen LogP contribution is -2.31. The van der Waals surface area contributed by atoms with Crippen LogP contribution in [-0.2, 0) is 0 Å². The molecule has 1 atom stereocenters. The predicted octanol–water partition coefficient (Wildman–Crippen LogP) is 2.85. The molecular formula is C12H16BrNO. The molecule has 2 nitrogen and oxygen atoms in total. The van der Waals surface area contributed by atoms with Gasteiger partial charge >= 0.3 is 0 Å². The lowest BCUT2D eigenvalue weighted by molar-refractivity contribution is 0.0797. The number of halogens is 1.